The zero-order valence-electron chi connectivity index (χ0n) is 20.3. The van der Waals surface area contributed by atoms with Crippen LogP contribution >= 0.6 is 0 Å². The van der Waals surface area contributed by atoms with E-state index in [2.05, 4.69) is 47.7 Å². The number of unbranched alkanes of at least 4 members (excludes halogenated alkanes) is 11. The van der Waals surface area contributed by atoms with Crippen molar-refractivity contribution in [2.75, 3.05) is 6.61 Å². The second kappa shape index (κ2) is 16.0. The predicted octanol–water partition coefficient (Wildman–Crippen LogP) is 9.52. The van der Waals surface area contributed by atoms with Gasteiger partial charge in [-0.15, -0.1) is 0 Å². The molecule has 0 aromatic carbocycles. The first-order chi connectivity index (χ1) is 12.7. The van der Waals surface area contributed by atoms with Gasteiger partial charge < -0.3 is 4.43 Å². The third-order valence-electron chi connectivity index (χ3n) is 6.66. The first-order valence-corrected chi connectivity index (χ1v) is 15.3. The van der Waals surface area contributed by atoms with Crippen LogP contribution in [0, 0.1) is 5.92 Å². The van der Waals surface area contributed by atoms with Crippen molar-refractivity contribution in [2.45, 2.75) is 149 Å². The lowest BCUT2D eigenvalue weighted by molar-refractivity contribution is 0.277. The van der Waals surface area contributed by atoms with Gasteiger partial charge in [0, 0.05) is 6.61 Å². The second-order valence-corrected chi connectivity index (χ2v) is 15.3. The number of rotatable bonds is 18. The standard InChI is InChI=1S/C25H54OSi/c1-8-9-10-11-15-18-21-24(2)22-19-16-13-12-14-17-20-23-26-27(6,7)25(3,4)5/h24H,8-23H2,1-7H3. The molecule has 0 bridgehead atoms. The minimum absolute atomic E-state index is 0.346. The highest BCUT2D eigenvalue weighted by Crippen LogP contribution is 2.36. The maximum Gasteiger partial charge on any atom is 0.191 e. The molecule has 0 aromatic rings. The SMILES string of the molecule is CCCCCCCCC(C)CCCCCCCCCO[Si](C)(C)C(C)(C)C. The van der Waals surface area contributed by atoms with E-state index in [-0.39, 0.29) is 0 Å². The summed E-state index contributed by atoms with van der Waals surface area (Å²) in [5.74, 6) is 0.948. The van der Waals surface area contributed by atoms with Crippen LogP contribution in [0.4, 0.5) is 0 Å². The topological polar surface area (TPSA) is 9.23 Å². The van der Waals surface area contributed by atoms with Crippen molar-refractivity contribution in [2.24, 2.45) is 5.92 Å². The van der Waals surface area contributed by atoms with Gasteiger partial charge in [0.2, 0.25) is 0 Å². The summed E-state index contributed by atoms with van der Waals surface area (Å²) in [5, 5.41) is 0.346. The van der Waals surface area contributed by atoms with E-state index in [1.807, 2.05) is 0 Å². The zero-order chi connectivity index (χ0) is 20.6. The summed E-state index contributed by atoms with van der Waals surface area (Å²) < 4.78 is 6.26. The Hall–Kier alpha value is 0.177. The number of hydrogen-bond donors (Lipinski definition) is 0. The van der Waals surface area contributed by atoms with Crippen LogP contribution < -0.4 is 0 Å². The highest BCUT2D eigenvalue weighted by molar-refractivity contribution is 6.74. The average Bonchev–Trinajstić information content (AvgIpc) is 2.58. The van der Waals surface area contributed by atoms with Gasteiger partial charge in [0.05, 0.1) is 0 Å². The molecule has 0 aliphatic carbocycles. The van der Waals surface area contributed by atoms with Gasteiger partial charge in [-0.2, -0.15) is 0 Å². The molecule has 2 heteroatoms. The molecule has 1 unspecified atom stereocenters. The summed E-state index contributed by atoms with van der Waals surface area (Å²) >= 11 is 0. The molecule has 0 saturated heterocycles. The molecule has 0 aromatic heterocycles. The van der Waals surface area contributed by atoms with Crippen molar-refractivity contribution in [3.05, 3.63) is 0 Å². The maximum atomic E-state index is 6.26. The fourth-order valence-electron chi connectivity index (χ4n) is 3.44. The van der Waals surface area contributed by atoms with Crippen molar-refractivity contribution in [3.8, 4) is 0 Å². The fourth-order valence-corrected chi connectivity index (χ4v) is 4.53. The Labute approximate surface area is 174 Å². The van der Waals surface area contributed by atoms with E-state index < -0.39 is 8.32 Å². The predicted molar refractivity (Wildman–Crippen MR) is 127 cm³/mol. The Balaban J connectivity index is 3.35. The first kappa shape index (κ1) is 27.2. The van der Waals surface area contributed by atoms with E-state index in [0.717, 1.165) is 12.5 Å². The van der Waals surface area contributed by atoms with Gasteiger partial charge in [-0.3, -0.25) is 0 Å². The van der Waals surface area contributed by atoms with E-state index in [1.165, 1.54) is 96.3 Å². The summed E-state index contributed by atoms with van der Waals surface area (Å²) in [6.45, 7) is 17.4. The monoisotopic (exact) mass is 398 g/mol. The van der Waals surface area contributed by atoms with Crippen LogP contribution in [-0.2, 0) is 4.43 Å². The smallest absolute Gasteiger partial charge is 0.191 e. The summed E-state index contributed by atoms with van der Waals surface area (Å²) in [6.07, 6.45) is 21.3. The molecule has 1 nitrogen and oxygen atoms in total. The number of hydrogen-bond acceptors (Lipinski definition) is 1. The molecule has 0 saturated carbocycles. The van der Waals surface area contributed by atoms with Crippen LogP contribution in [0.25, 0.3) is 0 Å². The first-order valence-electron chi connectivity index (χ1n) is 12.3. The highest BCUT2D eigenvalue weighted by atomic mass is 28.4. The normalized spacial score (nSPS) is 13.9. The third-order valence-corrected chi connectivity index (χ3v) is 11.2. The molecule has 0 heterocycles. The Morgan fingerprint density at radius 2 is 1.07 bits per heavy atom. The average molecular weight is 399 g/mol. The maximum absolute atomic E-state index is 6.26. The van der Waals surface area contributed by atoms with Crippen LogP contribution in [0.1, 0.15) is 131 Å². The van der Waals surface area contributed by atoms with Crippen LogP contribution in [0.2, 0.25) is 18.1 Å². The van der Waals surface area contributed by atoms with E-state index in [9.17, 15) is 0 Å². The molecule has 164 valence electrons. The lowest BCUT2D eigenvalue weighted by Crippen LogP contribution is -2.40. The van der Waals surface area contributed by atoms with Crippen molar-refractivity contribution in [1.82, 2.24) is 0 Å². The zero-order valence-corrected chi connectivity index (χ0v) is 21.3. The summed E-state index contributed by atoms with van der Waals surface area (Å²) in [6, 6.07) is 0. The van der Waals surface area contributed by atoms with Crippen molar-refractivity contribution in [1.29, 1.82) is 0 Å². The quantitative estimate of drug-likeness (QED) is 0.165. The fraction of sp³-hybridized carbons (Fsp3) is 1.00. The van der Waals surface area contributed by atoms with Gasteiger partial charge in [0.1, 0.15) is 0 Å². The molecular weight excluding hydrogens is 344 g/mol. The van der Waals surface area contributed by atoms with Crippen molar-refractivity contribution >= 4 is 8.32 Å². The van der Waals surface area contributed by atoms with E-state index >= 15 is 0 Å². The molecule has 0 spiro atoms. The molecular formula is C25H54OSi. The molecule has 1 atom stereocenters. The molecule has 27 heavy (non-hydrogen) atoms. The van der Waals surface area contributed by atoms with Gasteiger partial charge in [-0.25, -0.2) is 0 Å². The molecule has 0 aliphatic rings. The van der Waals surface area contributed by atoms with Gasteiger partial charge in [-0.05, 0) is 30.5 Å². The van der Waals surface area contributed by atoms with Gasteiger partial charge >= 0.3 is 0 Å². The Morgan fingerprint density at radius 1 is 0.667 bits per heavy atom. The molecule has 0 amide bonds. The molecule has 0 rings (SSSR count). The Morgan fingerprint density at radius 3 is 1.52 bits per heavy atom. The van der Waals surface area contributed by atoms with Crippen LogP contribution in [0.3, 0.4) is 0 Å². The molecule has 0 N–H and O–H groups in total. The summed E-state index contributed by atoms with van der Waals surface area (Å²) in [4.78, 5) is 0. The van der Waals surface area contributed by atoms with Gasteiger partial charge in [-0.1, -0.05) is 125 Å². The lowest BCUT2D eigenvalue weighted by Gasteiger charge is -2.36. The summed E-state index contributed by atoms with van der Waals surface area (Å²) in [5.41, 5.74) is 0. The molecule has 0 fully saturated rings. The van der Waals surface area contributed by atoms with Crippen molar-refractivity contribution in [3.63, 3.8) is 0 Å². The lowest BCUT2D eigenvalue weighted by atomic mass is 9.96. The van der Waals surface area contributed by atoms with Gasteiger partial charge in [0.25, 0.3) is 0 Å². The second-order valence-electron chi connectivity index (χ2n) is 10.5. The largest absolute Gasteiger partial charge is 0.417 e. The highest BCUT2D eigenvalue weighted by Gasteiger charge is 2.36. The summed E-state index contributed by atoms with van der Waals surface area (Å²) in [7, 11) is -1.52. The Kier molecular flexibility index (Phi) is 16.1. The molecule has 0 radical (unpaired) electrons. The van der Waals surface area contributed by atoms with E-state index in [4.69, 9.17) is 4.43 Å². The minimum atomic E-state index is -1.52. The van der Waals surface area contributed by atoms with Crippen LogP contribution in [0.5, 0.6) is 0 Å². The van der Waals surface area contributed by atoms with E-state index in [1.54, 1.807) is 0 Å². The van der Waals surface area contributed by atoms with Gasteiger partial charge in [0.15, 0.2) is 8.32 Å². The van der Waals surface area contributed by atoms with Crippen LogP contribution in [-0.4, -0.2) is 14.9 Å². The Bertz CT molecular complexity index is 319. The van der Waals surface area contributed by atoms with E-state index in [0.29, 0.717) is 5.04 Å². The van der Waals surface area contributed by atoms with Crippen LogP contribution in [0.15, 0.2) is 0 Å². The minimum Gasteiger partial charge on any atom is -0.417 e. The molecule has 0 aliphatic heterocycles. The van der Waals surface area contributed by atoms with Crippen molar-refractivity contribution < 1.29 is 4.43 Å². The third kappa shape index (κ3) is 15.7.